The van der Waals surface area contributed by atoms with E-state index in [4.69, 9.17) is 0 Å². The van der Waals surface area contributed by atoms with Crippen LogP contribution in [0.3, 0.4) is 0 Å². The average molecular weight is 197 g/mol. The maximum absolute atomic E-state index is 2.72. The van der Waals surface area contributed by atoms with Gasteiger partial charge in [0, 0.05) is 12.1 Å². The van der Waals surface area contributed by atoms with Gasteiger partial charge in [0.05, 0.1) is 0 Å². The molecule has 0 spiro atoms. The third-order valence-electron chi connectivity index (χ3n) is 3.65. The normalized spacial score (nSPS) is 29.4. The second-order valence-corrected chi connectivity index (χ2v) is 4.93. The topological polar surface area (TPSA) is 3.24 Å². The molecule has 0 aliphatic carbocycles. The van der Waals surface area contributed by atoms with Crippen molar-refractivity contribution < 1.29 is 0 Å². The summed E-state index contributed by atoms with van der Waals surface area (Å²) >= 11 is 0. The number of nitrogens with zero attached hydrogens (tertiary/aromatic N) is 1. The summed E-state index contributed by atoms with van der Waals surface area (Å²) in [7, 11) is 0. The molecule has 0 aromatic heterocycles. The lowest BCUT2D eigenvalue weighted by molar-refractivity contribution is 0.101. The molecular formula is C13H27N. The molecule has 0 aromatic carbocycles. The lowest BCUT2D eigenvalue weighted by Gasteiger charge is -2.39. The highest BCUT2D eigenvalue weighted by Crippen LogP contribution is 2.22. The minimum atomic E-state index is 0.834. The molecule has 1 saturated heterocycles. The number of likely N-dealkylation sites (tertiary alicyclic amines) is 1. The van der Waals surface area contributed by atoms with Crippen molar-refractivity contribution in [2.75, 3.05) is 6.54 Å². The highest BCUT2D eigenvalue weighted by molar-refractivity contribution is 4.79. The van der Waals surface area contributed by atoms with Gasteiger partial charge in [0.2, 0.25) is 0 Å². The largest absolute Gasteiger partial charge is 0.298 e. The van der Waals surface area contributed by atoms with Gasteiger partial charge in [0.1, 0.15) is 0 Å². The van der Waals surface area contributed by atoms with Gasteiger partial charge in [-0.3, -0.25) is 4.90 Å². The van der Waals surface area contributed by atoms with Crippen LogP contribution in [-0.4, -0.2) is 23.5 Å². The van der Waals surface area contributed by atoms with E-state index in [1.807, 2.05) is 0 Å². The van der Waals surface area contributed by atoms with Crippen LogP contribution in [0.2, 0.25) is 0 Å². The lowest BCUT2D eigenvalue weighted by atomic mass is 9.97. The number of unbranched alkanes of at least 4 members (excludes halogenated alkanes) is 3. The van der Waals surface area contributed by atoms with E-state index in [0.717, 1.165) is 12.1 Å². The van der Waals surface area contributed by atoms with Crippen molar-refractivity contribution in [2.24, 2.45) is 0 Å². The van der Waals surface area contributed by atoms with E-state index in [9.17, 15) is 0 Å². The first-order valence-electron chi connectivity index (χ1n) is 6.51. The van der Waals surface area contributed by atoms with Crippen LogP contribution < -0.4 is 0 Å². The molecule has 1 heteroatoms. The van der Waals surface area contributed by atoms with E-state index in [-0.39, 0.29) is 0 Å². The molecule has 1 aliphatic rings. The van der Waals surface area contributed by atoms with Crippen LogP contribution in [0.5, 0.6) is 0 Å². The average Bonchev–Trinajstić information content (AvgIpc) is 2.16. The molecule has 0 radical (unpaired) electrons. The number of rotatable bonds is 5. The Morgan fingerprint density at radius 1 is 1.00 bits per heavy atom. The van der Waals surface area contributed by atoms with Gasteiger partial charge in [-0.2, -0.15) is 0 Å². The third kappa shape index (κ3) is 3.61. The summed E-state index contributed by atoms with van der Waals surface area (Å²) in [6.07, 6.45) is 9.86. The molecule has 1 aliphatic heterocycles. The van der Waals surface area contributed by atoms with Gasteiger partial charge in [0.25, 0.3) is 0 Å². The third-order valence-corrected chi connectivity index (χ3v) is 3.65. The molecule has 84 valence electrons. The molecule has 0 bridgehead atoms. The summed E-state index contributed by atoms with van der Waals surface area (Å²) < 4.78 is 0. The fraction of sp³-hybridized carbons (Fsp3) is 1.00. The van der Waals surface area contributed by atoms with Crippen LogP contribution in [0.15, 0.2) is 0 Å². The van der Waals surface area contributed by atoms with Crippen LogP contribution in [0.4, 0.5) is 0 Å². The summed E-state index contributed by atoms with van der Waals surface area (Å²) in [4.78, 5) is 2.72. The van der Waals surface area contributed by atoms with E-state index in [1.165, 1.54) is 51.5 Å². The van der Waals surface area contributed by atoms with Crippen LogP contribution in [-0.2, 0) is 0 Å². The molecule has 0 amide bonds. The van der Waals surface area contributed by atoms with Gasteiger partial charge < -0.3 is 0 Å². The Hall–Kier alpha value is -0.0400. The monoisotopic (exact) mass is 197 g/mol. The summed E-state index contributed by atoms with van der Waals surface area (Å²) in [6.45, 7) is 8.42. The Morgan fingerprint density at radius 3 is 2.21 bits per heavy atom. The molecule has 1 fully saturated rings. The first-order valence-corrected chi connectivity index (χ1v) is 6.51. The predicted molar refractivity (Wildman–Crippen MR) is 63.6 cm³/mol. The molecule has 1 heterocycles. The zero-order valence-electron chi connectivity index (χ0n) is 10.3. The minimum absolute atomic E-state index is 0.834. The number of hydrogen-bond donors (Lipinski definition) is 0. The van der Waals surface area contributed by atoms with Crippen LogP contribution in [0.25, 0.3) is 0 Å². The van der Waals surface area contributed by atoms with E-state index >= 15 is 0 Å². The van der Waals surface area contributed by atoms with Crippen molar-refractivity contribution in [3.63, 3.8) is 0 Å². The first-order chi connectivity index (χ1) is 6.75. The predicted octanol–water partition coefficient (Wildman–Crippen LogP) is 3.83. The summed E-state index contributed by atoms with van der Waals surface area (Å²) in [6, 6.07) is 1.67. The molecule has 0 unspecified atom stereocenters. The van der Waals surface area contributed by atoms with Crippen LogP contribution in [0, 0.1) is 0 Å². The van der Waals surface area contributed by atoms with E-state index in [2.05, 4.69) is 25.7 Å². The van der Waals surface area contributed by atoms with Crippen molar-refractivity contribution in [1.29, 1.82) is 0 Å². The Bertz CT molecular complexity index is 134. The number of piperidine rings is 1. The van der Waals surface area contributed by atoms with Crippen molar-refractivity contribution in [3.8, 4) is 0 Å². The second-order valence-electron chi connectivity index (χ2n) is 4.93. The molecule has 14 heavy (non-hydrogen) atoms. The van der Waals surface area contributed by atoms with Gasteiger partial charge in [-0.05, 0) is 39.7 Å². The zero-order valence-corrected chi connectivity index (χ0v) is 10.3. The standard InChI is InChI=1S/C13H27N/c1-4-5-6-7-11-14-12(2)9-8-10-13(14)3/h12-13H,4-11H2,1-3H3/t12-,13+. The summed E-state index contributed by atoms with van der Waals surface area (Å²) in [5, 5.41) is 0. The van der Waals surface area contributed by atoms with Crippen LogP contribution >= 0.6 is 0 Å². The lowest BCUT2D eigenvalue weighted by Crippen LogP contribution is -2.44. The Labute approximate surface area is 89.9 Å². The molecule has 0 N–H and O–H groups in total. The van der Waals surface area contributed by atoms with E-state index in [1.54, 1.807) is 0 Å². The fourth-order valence-corrected chi connectivity index (χ4v) is 2.64. The van der Waals surface area contributed by atoms with Crippen molar-refractivity contribution in [3.05, 3.63) is 0 Å². The molecule has 1 rings (SSSR count). The molecular weight excluding hydrogens is 170 g/mol. The van der Waals surface area contributed by atoms with Crippen LogP contribution in [0.1, 0.15) is 65.7 Å². The number of hydrogen-bond acceptors (Lipinski definition) is 1. The van der Waals surface area contributed by atoms with Crippen molar-refractivity contribution in [1.82, 2.24) is 4.90 Å². The maximum Gasteiger partial charge on any atom is 0.00697 e. The van der Waals surface area contributed by atoms with Crippen molar-refractivity contribution in [2.45, 2.75) is 77.8 Å². The maximum atomic E-state index is 2.72. The summed E-state index contributed by atoms with van der Waals surface area (Å²) in [5.41, 5.74) is 0. The minimum Gasteiger partial charge on any atom is -0.298 e. The Kier molecular flexibility index (Phi) is 5.54. The molecule has 0 aromatic rings. The smallest absolute Gasteiger partial charge is 0.00697 e. The SMILES string of the molecule is CCCCCCN1[C@H](C)CCC[C@@H]1C. The Balaban J connectivity index is 2.19. The fourth-order valence-electron chi connectivity index (χ4n) is 2.64. The van der Waals surface area contributed by atoms with Gasteiger partial charge in [-0.15, -0.1) is 0 Å². The summed E-state index contributed by atoms with van der Waals surface area (Å²) in [5.74, 6) is 0. The van der Waals surface area contributed by atoms with Gasteiger partial charge in [-0.1, -0.05) is 32.6 Å². The van der Waals surface area contributed by atoms with Gasteiger partial charge >= 0.3 is 0 Å². The quantitative estimate of drug-likeness (QED) is 0.605. The Morgan fingerprint density at radius 2 is 1.64 bits per heavy atom. The molecule has 1 nitrogen and oxygen atoms in total. The van der Waals surface area contributed by atoms with Gasteiger partial charge in [-0.25, -0.2) is 0 Å². The highest BCUT2D eigenvalue weighted by atomic mass is 15.2. The van der Waals surface area contributed by atoms with E-state index in [0.29, 0.717) is 0 Å². The van der Waals surface area contributed by atoms with E-state index < -0.39 is 0 Å². The molecule has 2 atom stereocenters. The zero-order chi connectivity index (χ0) is 10.4. The highest BCUT2D eigenvalue weighted by Gasteiger charge is 2.23. The van der Waals surface area contributed by atoms with Gasteiger partial charge in [0.15, 0.2) is 0 Å². The second kappa shape index (κ2) is 6.44. The van der Waals surface area contributed by atoms with Crippen molar-refractivity contribution >= 4 is 0 Å². The molecule has 0 saturated carbocycles. The first kappa shape index (κ1) is 12.0.